The molecule has 1 aliphatic rings. The van der Waals surface area contributed by atoms with Crippen LogP contribution >= 0.6 is 0 Å². The molecule has 1 aliphatic carbocycles. The first-order valence-electron chi connectivity index (χ1n) is 5.76. The number of hydrogen-bond donors (Lipinski definition) is 0. The van der Waals surface area contributed by atoms with Gasteiger partial charge in [0.15, 0.2) is 5.41 Å². The van der Waals surface area contributed by atoms with Gasteiger partial charge in [0.2, 0.25) is 0 Å². The second-order valence-corrected chi connectivity index (χ2v) is 4.29. The van der Waals surface area contributed by atoms with Gasteiger partial charge in [-0.25, -0.2) is 0 Å². The van der Waals surface area contributed by atoms with Gasteiger partial charge < -0.3 is 4.74 Å². The van der Waals surface area contributed by atoms with Crippen LogP contribution in [0.5, 0.6) is 0 Å². The van der Waals surface area contributed by atoms with Crippen molar-refractivity contribution in [2.75, 3.05) is 6.61 Å². The van der Waals surface area contributed by atoms with Crippen molar-refractivity contribution in [3.05, 3.63) is 35.4 Å². The maximum absolute atomic E-state index is 11.8. The van der Waals surface area contributed by atoms with E-state index in [0.717, 1.165) is 5.56 Å². The molecule has 0 radical (unpaired) electrons. The second-order valence-electron chi connectivity index (χ2n) is 4.29. The van der Waals surface area contributed by atoms with Gasteiger partial charge in [-0.05, 0) is 31.0 Å². The third-order valence-corrected chi connectivity index (χ3v) is 3.24. The Morgan fingerprint density at radius 1 is 1.44 bits per heavy atom. The van der Waals surface area contributed by atoms with Crippen LogP contribution < -0.4 is 0 Å². The lowest BCUT2D eigenvalue weighted by atomic mass is 10.00. The summed E-state index contributed by atoms with van der Waals surface area (Å²) in [6, 6.07) is 11.1. The molecule has 1 fully saturated rings. The minimum Gasteiger partial charge on any atom is -0.465 e. The normalized spacial score (nSPS) is 24.7. The van der Waals surface area contributed by atoms with Crippen molar-refractivity contribution in [2.45, 2.75) is 19.3 Å². The molecule has 0 heterocycles. The van der Waals surface area contributed by atoms with E-state index in [1.54, 1.807) is 31.2 Å². The Kier molecular flexibility index (Phi) is 3.04. The second kappa shape index (κ2) is 4.50. The van der Waals surface area contributed by atoms with Gasteiger partial charge in [0, 0.05) is 5.92 Å². The zero-order valence-corrected chi connectivity index (χ0v) is 10.0. The molecule has 1 aromatic carbocycles. The van der Waals surface area contributed by atoms with E-state index in [0.29, 0.717) is 12.0 Å². The molecule has 18 heavy (non-hydrogen) atoms. The number of esters is 1. The summed E-state index contributed by atoms with van der Waals surface area (Å²) >= 11 is 0. The Balaban J connectivity index is 2.20. The van der Waals surface area contributed by atoms with E-state index in [2.05, 4.69) is 6.07 Å². The quantitative estimate of drug-likeness (QED) is 0.758. The first kappa shape index (κ1) is 12.1. The minimum absolute atomic E-state index is 0.116. The first-order valence-corrected chi connectivity index (χ1v) is 5.76. The highest BCUT2D eigenvalue weighted by Crippen LogP contribution is 2.59. The topological polar surface area (TPSA) is 73.9 Å². The summed E-state index contributed by atoms with van der Waals surface area (Å²) in [6.07, 6.45) is 0.494. The third kappa shape index (κ3) is 1.83. The van der Waals surface area contributed by atoms with Gasteiger partial charge in [-0.3, -0.25) is 4.79 Å². The molecule has 1 saturated carbocycles. The van der Waals surface area contributed by atoms with Gasteiger partial charge in [-0.2, -0.15) is 10.5 Å². The summed E-state index contributed by atoms with van der Waals surface area (Å²) in [5.74, 6) is -0.559. The molecule has 0 aliphatic heterocycles. The van der Waals surface area contributed by atoms with Crippen LogP contribution in [0.25, 0.3) is 0 Å². The van der Waals surface area contributed by atoms with Gasteiger partial charge >= 0.3 is 5.97 Å². The largest absolute Gasteiger partial charge is 0.465 e. The molecular weight excluding hydrogens is 228 g/mol. The van der Waals surface area contributed by atoms with E-state index in [1.807, 2.05) is 6.07 Å². The number of nitrogens with zero attached hydrogens (tertiary/aromatic N) is 2. The Morgan fingerprint density at radius 2 is 2.11 bits per heavy atom. The Bertz CT molecular complexity index is 551. The number of carbonyl (C=O) groups excluding carboxylic acids is 1. The van der Waals surface area contributed by atoms with Gasteiger partial charge in [0.1, 0.15) is 0 Å². The van der Waals surface area contributed by atoms with Crippen molar-refractivity contribution in [1.29, 1.82) is 10.5 Å². The SMILES string of the molecule is CCOC(=O)[C@]1(C#N)C[C@H]1c1ccc(C#N)cc1. The van der Waals surface area contributed by atoms with Crippen LogP contribution in [0.15, 0.2) is 24.3 Å². The van der Waals surface area contributed by atoms with Crippen molar-refractivity contribution in [2.24, 2.45) is 5.41 Å². The first-order chi connectivity index (χ1) is 8.67. The lowest BCUT2D eigenvalue weighted by Gasteiger charge is -2.07. The third-order valence-electron chi connectivity index (χ3n) is 3.24. The van der Waals surface area contributed by atoms with E-state index >= 15 is 0 Å². The number of rotatable bonds is 3. The van der Waals surface area contributed by atoms with Gasteiger partial charge in [-0.15, -0.1) is 0 Å². The van der Waals surface area contributed by atoms with Crippen molar-refractivity contribution in [3.8, 4) is 12.1 Å². The van der Waals surface area contributed by atoms with Crippen molar-refractivity contribution in [3.63, 3.8) is 0 Å². The fourth-order valence-corrected chi connectivity index (χ4v) is 2.11. The standard InChI is InChI=1S/C14H12N2O2/c1-2-18-13(17)14(9-16)7-12(14)11-5-3-10(8-15)4-6-11/h3-6,12H,2,7H2,1H3/t12-,14-/m0/s1. The van der Waals surface area contributed by atoms with Crippen molar-refractivity contribution < 1.29 is 9.53 Å². The molecule has 2 atom stereocenters. The smallest absolute Gasteiger partial charge is 0.327 e. The summed E-state index contributed by atoms with van der Waals surface area (Å²) in [5, 5.41) is 17.9. The molecular formula is C14H12N2O2. The molecule has 90 valence electrons. The predicted molar refractivity (Wildman–Crippen MR) is 63.2 cm³/mol. The molecule has 0 unspecified atom stereocenters. The molecule has 4 nitrogen and oxygen atoms in total. The fraction of sp³-hybridized carbons (Fsp3) is 0.357. The summed E-state index contributed by atoms with van der Waals surface area (Å²) in [7, 11) is 0. The summed E-state index contributed by atoms with van der Waals surface area (Å²) in [4.78, 5) is 11.8. The highest BCUT2D eigenvalue weighted by atomic mass is 16.5. The summed E-state index contributed by atoms with van der Waals surface area (Å²) in [5.41, 5.74) is 0.450. The van der Waals surface area contributed by atoms with Gasteiger partial charge in [0.05, 0.1) is 24.3 Å². The predicted octanol–water partition coefficient (Wildman–Crippen LogP) is 2.12. The van der Waals surface area contributed by atoms with Gasteiger partial charge in [0.25, 0.3) is 0 Å². The summed E-state index contributed by atoms with van der Waals surface area (Å²) in [6.45, 7) is 2.00. The zero-order chi connectivity index (χ0) is 13.2. The maximum atomic E-state index is 11.8. The minimum atomic E-state index is -1.02. The highest BCUT2D eigenvalue weighted by Gasteiger charge is 2.62. The number of hydrogen-bond acceptors (Lipinski definition) is 4. The van der Waals surface area contributed by atoms with Gasteiger partial charge in [-0.1, -0.05) is 12.1 Å². The highest BCUT2D eigenvalue weighted by molar-refractivity contribution is 5.85. The molecule has 1 aromatic rings. The number of carbonyl (C=O) groups is 1. The monoisotopic (exact) mass is 240 g/mol. The average Bonchev–Trinajstić information content (AvgIpc) is 3.15. The Labute approximate surface area is 105 Å². The van der Waals surface area contributed by atoms with E-state index < -0.39 is 11.4 Å². The molecule has 0 bridgehead atoms. The zero-order valence-electron chi connectivity index (χ0n) is 10.0. The van der Waals surface area contributed by atoms with E-state index in [9.17, 15) is 10.1 Å². The number of ether oxygens (including phenoxy) is 1. The molecule has 4 heteroatoms. The molecule has 2 rings (SSSR count). The van der Waals surface area contributed by atoms with E-state index in [4.69, 9.17) is 10.00 Å². The van der Waals surface area contributed by atoms with Crippen molar-refractivity contribution >= 4 is 5.97 Å². The summed E-state index contributed by atoms with van der Waals surface area (Å²) < 4.78 is 4.94. The van der Waals surface area contributed by atoms with Crippen LogP contribution in [0.3, 0.4) is 0 Å². The Hall–Kier alpha value is -2.33. The maximum Gasteiger partial charge on any atom is 0.327 e. The van der Waals surface area contributed by atoms with Crippen molar-refractivity contribution in [1.82, 2.24) is 0 Å². The molecule has 0 aromatic heterocycles. The van der Waals surface area contributed by atoms with Crippen LogP contribution in [0.4, 0.5) is 0 Å². The molecule has 0 amide bonds. The molecule has 0 spiro atoms. The Morgan fingerprint density at radius 3 is 2.61 bits per heavy atom. The number of benzene rings is 1. The average molecular weight is 240 g/mol. The van der Waals surface area contributed by atoms with E-state index in [1.165, 1.54) is 0 Å². The van der Waals surface area contributed by atoms with Crippen LogP contribution in [0.1, 0.15) is 30.4 Å². The lowest BCUT2D eigenvalue weighted by molar-refractivity contribution is -0.147. The molecule has 0 N–H and O–H groups in total. The van der Waals surface area contributed by atoms with E-state index in [-0.39, 0.29) is 12.5 Å². The van der Waals surface area contributed by atoms with Crippen LogP contribution in [0.2, 0.25) is 0 Å². The fourth-order valence-electron chi connectivity index (χ4n) is 2.11. The van der Waals surface area contributed by atoms with Crippen LogP contribution in [0, 0.1) is 28.1 Å². The van der Waals surface area contributed by atoms with Crippen LogP contribution in [-0.2, 0) is 9.53 Å². The van der Waals surface area contributed by atoms with Crippen LogP contribution in [-0.4, -0.2) is 12.6 Å². The number of nitriles is 2. The molecule has 0 saturated heterocycles. The lowest BCUT2D eigenvalue weighted by Crippen LogP contribution is -2.19.